The van der Waals surface area contributed by atoms with Gasteiger partial charge in [0.15, 0.2) is 6.10 Å². The number of ether oxygens (including phenoxy) is 3. The standard InChI is InChI=1S/C15H20BNO9/c17-4-12-10-2-1-3-11(15(10)16(22)26-12)23-7-9(25-14(21)6-19)8-24-13(20)5-18/h1-3,9,12,18-19,22H,4-8,17H2/t9-,12+/m0/s1. The minimum absolute atomic E-state index is 0.182. The smallest absolute Gasteiger partial charge is 0.490 e. The SMILES string of the molecule is NC[C@H]1OB(O)c2c(OC[C@@H](COC(=O)CO)OC(=O)CO)cccc21. The van der Waals surface area contributed by atoms with E-state index in [0.717, 1.165) is 0 Å². The summed E-state index contributed by atoms with van der Waals surface area (Å²) in [7, 11) is -1.21. The first kappa shape index (κ1) is 20.1. The molecule has 1 aromatic rings. The number of rotatable bonds is 9. The summed E-state index contributed by atoms with van der Waals surface area (Å²) in [5.41, 5.74) is 6.71. The lowest BCUT2D eigenvalue weighted by Crippen LogP contribution is -2.35. The zero-order chi connectivity index (χ0) is 19.1. The first-order valence-electron chi connectivity index (χ1n) is 7.86. The van der Waals surface area contributed by atoms with Crippen LogP contribution >= 0.6 is 0 Å². The molecule has 26 heavy (non-hydrogen) atoms. The van der Waals surface area contributed by atoms with Crippen LogP contribution in [-0.4, -0.2) is 73.4 Å². The van der Waals surface area contributed by atoms with Gasteiger partial charge in [0.1, 0.15) is 32.2 Å². The van der Waals surface area contributed by atoms with E-state index < -0.39 is 44.5 Å². The number of hydrogen-bond donors (Lipinski definition) is 4. The molecule has 1 heterocycles. The van der Waals surface area contributed by atoms with Crippen molar-refractivity contribution in [2.75, 3.05) is 33.0 Å². The van der Waals surface area contributed by atoms with E-state index in [4.69, 9.17) is 34.8 Å². The van der Waals surface area contributed by atoms with Crippen molar-refractivity contribution in [3.05, 3.63) is 23.8 Å². The van der Waals surface area contributed by atoms with E-state index in [-0.39, 0.29) is 19.8 Å². The molecule has 1 aliphatic rings. The molecule has 10 nitrogen and oxygen atoms in total. The van der Waals surface area contributed by atoms with Crippen molar-refractivity contribution < 1.29 is 43.7 Å². The Labute approximate surface area is 149 Å². The lowest BCUT2D eigenvalue weighted by atomic mass is 9.78. The third kappa shape index (κ3) is 4.93. The molecule has 5 N–H and O–H groups in total. The first-order valence-corrected chi connectivity index (χ1v) is 7.86. The molecule has 2 rings (SSSR count). The summed E-state index contributed by atoms with van der Waals surface area (Å²) in [5, 5.41) is 27.5. The number of nitrogens with two attached hydrogens (primary N) is 1. The van der Waals surface area contributed by atoms with Crippen LogP contribution in [0.2, 0.25) is 0 Å². The van der Waals surface area contributed by atoms with Crippen LogP contribution in [0.4, 0.5) is 0 Å². The Morgan fingerprint density at radius 1 is 1.23 bits per heavy atom. The van der Waals surface area contributed by atoms with Crippen molar-refractivity contribution in [3.8, 4) is 5.75 Å². The summed E-state index contributed by atoms with van der Waals surface area (Å²) >= 11 is 0. The molecule has 11 heteroatoms. The Hall–Kier alpha value is -2.18. The molecule has 0 amide bonds. The molecule has 0 aliphatic carbocycles. The fourth-order valence-corrected chi connectivity index (χ4v) is 2.46. The molecule has 0 radical (unpaired) electrons. The highest BCUT2D eigenvalue weighted by Gasteiger charge is 2.37. The van der Waals surface area contributed by atoms with E-state index in [2.05, 4.69) is 0 Å². The van der Waals surface area contributed by atoms with Gasteiger partial charge in [0.2, 0.25) is 0 Å². The molecule has 1 aliphatic heterocycles. The summed E-state index contributed by atoms with van der Waals surface area (Å²) in [6, 6.07) is 5.04. The third-order valence-electron chi connectivity index (χ3n) is 3.61. The maximum absolute atomic E-state index is 11.3. The van der Waals surface area contributed by atoms with Gasteiger partial charge in [0, 0.05) is 12.0 Å². The van der Waals surface area contributed by atoms with Crippen molar-refractivity contribution in [1.82, 2.24) is 0 Å². The zero-order valence-electron chi connectivity index (χ0n) is 13.9. The summed E-state index contributed by atoms with van der Waals surface area (Å²) in [6.07, 6.45) is -1.48. The van der Waals surface area contributed by atoms with E-state index >= 15 is 0 Å². The summed E-state index contributed by atoms with van der Waals surface area (Å²) in [4.78, 5) is 22.3. The molecular weight excluding hydrogens is 349 g/mol. The Balaban J connectivity index is 2.07. The highest BCUT2D eigenvalue weighted by molar-refractivity contribution is 6.62. The molecule has 0 bridgehead atoms. The van der Waals surface area contributed by atoms with Crippen molar-refractivity contribution in [1.29, 1.82) is 0 Å². The maximum Gasteiger partial charge on any atom is 0.495 e. The van der Waals surface area contributed by atoms with Crippen LogP contribution in [-0.2, 0) is 23.7 Å². The van der Waals surface area contributed by atoms with Crippen LogP contribution < -0.4 is 15.9 Å². The Morgan fingerprint density at radius 3 is 2.62 bits per heavy atom. The number of benzene rings is 1. The molecule has 2 atom stereocenters. The number of carbonyl (C=O) groups is 2. The molecule has 0 unspecified atom stereocenters. The minimum atomic E-state index is -1.21. The average molecular weight is 369 g/mol. The fraction of sp³-hybridized carbons (Fsp3) is 0.467. The predicted molar refractivity (Wildman–Crippen MR) is 87.4 cm³/mol. The van der Waals surface area contributed by atoms with Crippen LogP contribution in [0.25, 0.3) is 0 Å². The normalized spacial score (nSPS) is 16.8. The monoisotopic (exact) mass is 369 g/mol. The van der Waals surface area contributed by atoms with Gasteiger partial charge in [-0.05, 0) is 11.6 Å². The van der Waals surface area contributed by atoms with Gasteiger partial charge >= 0.3 is 19.1 Å². The van der Waals surface area contributed by atoms with Crippen LogP contribution in [0.5, 0.6) is 5.75 Å². The van der Waals surface area contributed by atoms with Crippen molar-refractivity contribution in [2.45, 2.75) is 12.2 Å². The molecule has 142 valence electrons. The Kier molecular flexibility index (Phi) is 7.36. The number of fused-ring (bicyclic) bond motifs is 1. The highest BCUT2D eigenvalue weighted by Crippen LogP contribution is 2.26. The van der Waals surface area contributed by atoms with E-state index in [0.29, 0.717) is 16.8 Å². The second-order valence-corrected chi connectivity index (χ2v) is 5.39. The van der Waals surface area contributed by atoms with Crippen LogP contribution in [0, 0.1) is 0 Å². The van der Waals surface area contributed by atoms with Crippen molar-refractivity contribution in [3.63, 3.8) is 0 Å². The van der Waals surface area contributed by atoms with Gasteiger partial charge in [-0.2, -0.15) is 0 Å². The van der Waals surface area contributed by atoms with Gasteiger partial charge in [-0.25, -0.2) is 9.59 Å². The van der Waals surface area contributed by atoms with E-state index in [1.54, 1.807) is 18.2 Å². The third-order valence-corrected chi connectivity index (χ3v) is 3.61. The highest BCUT2D eigenvalue weighted by atomic mass is 16.6. The molecule has 0 saturated carbocycles. The molecular formula is C15H20BNO9. The van der Waals surface area contributed by atoms with Crippen LogP contribution in [0.3, 0.4) is 0 Å². The van der Waals surface area contributed by atoms with Gasteiger partial charge in [0.05, 0.1) is 6.10 Å². The number of aliphatic hydroxyl groups is 2. The van der Waals surface area contributed by atoms with Gasteiger partial charge in [-0.3, -0.25) is 0 Å². The molecule has 0 saturated heterocycles. The van der Waals surface area contributed by atoms with Crippen LogP contribution in [0.1, 0.15) is 11.7 Å². The molecule has 0 fully saturated rings. The second kappa shape index (κ2) is 9.50. The van der Waals surface area contributed by atoms with Gasteiger partial charge in [0.25, 0.3) is 0 Å². The quantitative estimate of drug-likeness (QED) is 0.265. The molecule has 1 aromatic carbocycles. The average Bonchev–Trinajstić information content (AvgIpc) is 2.99. The summed E-state index contributed by atoms with van der Waals surface area (Å²) < 4.78 is 20.6. The van der Waals surface area contributed by atoms with Gasteiger partial charge < -0.3 is 39.8 Å². The molecule has 0 aromatic heterocycles. The first-order chi connectivity index (χ1) is 12.5. The fourth-order valence-electron chi connectivity index (χ4n) is 2.46. The number of esters is 2. The lowest BCUT2D eigenvalue weighted by molar-refractivity contribution is -0.164. The molecule has 0 spiro atoms. The largest absolute Gasteiger partial charge is 0.495 e. The Bertz CT molecular complexity index is 642. The van der Waals surface area contributed by atoms with Crippen molar-refractivity contribution in [2.24, 2.45) is 5.73 Å². The number of hydrogen-bond acceptors (Lipinski definition) is 10. The van der Waals surface area contributed by atoms with Crippen molar-refractivity contribution >= 4 is 24.5 Å². The van der Waals surface area contributed by atoms with E-state index in [1.165, 1.54) is 0 Å². The second-order valence-electron chi connectivity index (χ2n) is 5.39. The van der Waals surface area contributed by atoms with Crippen LogP contribution in [0.15, 0.2) is 18.2 Å². The van der Waals surface area contributed by atoms with E-state index in [9.17, 15) is 14.6 Å². The summed E-state index contributed by atoms with van der Waals surface area (Å²) in [5.74, 6) is -1.53. The number of carbonyl (C=O) groups excluding carboxylic acids is 2. The van der Waals surface area contributed by atoms with Gasteiger partial charge in [-0.1, -0.05) is 12.1 Å². The van der Waals surface area contributed by atoms with Gasteiger partial charge in [-0.15, -0.1) is 0 Å². The minimum Gasteiger partial charge on any atom is -0.490 e. The topological polar surface area (TPSA) is 158 Å². The number of aliphatic hydroxyl groups excluding tert-OH is 2. The Morgan fingerprint density at radius 2 is 1.96 bits per heavy atom. The maximum atomic E-state index is 11.3. The zero-order valence-corrected chi connectivity index (χ0v) is 13.9. The summed E-state index contributed by atoms with van der Waals surface area (Å²) in [6.45, 7) is -2.08. The predicted octanol–water partition coefficient (Wildman–Crippen LogP) is -2.78. The van der Waals surface area contributed by atoms with E-state index in [1.807, 2.05) is 0 Å². The lowest BCUT2D eigenvalue weighted by Gasteiger charge is -2.19.